The predicted octanol–water partition coefficient (Wildman–Crippen LogP) is 3.19. The first-order valence-electron chi connectivity index (χ1n) is 10.9. The molecule has 1 N–H and O–H groups in total. The molecule has 1 aliphatic carbocycles. The maximum Gasteiger partial charge on any atom is 0.230 e. The van der Waals surface area contributed by atoms with Gasteiger partial charge in [0, 0.05) is 48.5 Å². The zero-order valence-corrected chi connectivity index (χ0v) is 19.8. The van der Waals surface area contributed by atoms with Gasteiger partial charge in [-0.3, -0.25) is 9.59 Å². The maximum absolute atomic E-state index is 13.2. The molecule has 0 saturated heterocycles. The summed E-state index contributed by atoms with van der Waals surface area (Å²) in [5.41, 5.74) is 2.10. The number of hydrogen-bond acceptors (Lipinski definition) is 6. The van der Waals surface area contributed by atoms with Gasteiger partial charge in [0.05, 0.1) is 24.4 Å². The summed E-state index contributed by atoms with van der Waals surface area (Å²) in [4.78, 5) is 27.0. The zero-order chi connectivity index (χ0) is 23.8. The van der Waals surface area contributed by atoms with Gasteiger partial charge in [-0.05, 0) is 49.9 Å². The molecular weight excluding hydrogens is 444 g/mol. The molecule has 2 amide bonds. The van der Waals surface area contributed by atoms with Crippen LogP contribution in [-0.2, 0) is 25.8 Å². The van der Waals surface area contributed by atoms with E-state index in [0.717, 1.165) is 24.1 Å². The normalized spacial score (nSPS) is 16.2. The van der Waals surface area contributed by atoms with Gasteiger partial charge < -0.3 is 19.7 Å². The third-order valence-electron chi connectivity index (χ3n) is 6.11. The van der Waals surface area contributed by atoms with E-state index in [2.05, 4.69) is 5.32 Å². The van der Waals surface area contributed by atoms with Gasteiger partial charge in [-0.15, -0.1) is 0 Å². The molecule has 2 aromatic carbocycles. The monoisotopic (exact) mass is 472 g/mol. The van der Waals surface area contributed by atoms with Crippen LogP contribution in [0.4, 0.5) is 11.4 Å². The van der Waals surface area contributed by atoms with Crippen LogP contribution in [0.2, 0.25) is 0 Å². The minimum atomic E-state index is -3.73. The van der Waals surface area contributed by atoms with E-state index in [1.54, 1.807) is 35.2 Å². The molecule has 1 saturated carbocycles. The molecule has 1 aliphatic heterocycles. The molecule has 2 aliphatic rings. The van der Waals surface area contributed by atoms with E-state index < -0.39 is 21.0 Å². The number of fused-ring (bicyclic) bond motifs is 1. The summed E-state index contributed by atoms with van der Waals surface area (Å²) in [6.45, 7) is 2.10. The van der Waals surface area contributed by atoms with E-state index in [-0.39, 0.29) is 23.1 Å². The first-order valence-corrected chi connectivity index (χ1v) is 12.5. The van der Waals surface area contributed by atoms with Crippen LogP contribution in [-0.4, -0.2) is 46.2 Å². The van der Waals surface area contributed by atoms with Gasteiger partial charge in [0.2, 0.25) is 11.8 Å². The lowest BCUT2D eigenvalue weighted by molar-refractivity contribution is -0.119. The topological polar surface area (TPSA) is 102 Å². The third-order valence-corrected chi connectivity index (χ3v) is 8.24. The van der Waals surface area contributed by atoms with Crippen molar-refractivity contribution in [1.82, 2.24) is 0 Å². The second-order valence-electron chi connectivity index (χ2n) is 8.51. The van der Waals surface area contributed by atoms with Crippen molar-refractivity contribution in [2.45, 2.75) is 42.8 Å². The van der Waals surface area contributed by atoms with E-state index in [1.165, 1.54) is 27.2 Å². The summed E-state index contributed by atoms with van der Waals surface area (Å²) in [7, 11) is -0.716. The number of methoxy groups -OCH3 is 2. The Balaban J connectivity index is 1.45. The fraction of sp³-hybridized carbons (Fsp3) is 0.417. The molecule has 0 bridgehead atoms. The van der Waals surface area contributed by atoms with Crippen LogP contribution in [0.25, 0.3) is 0 Å². The minimum Gasteiger partial charge on any atom is -0.497 e. The van der Waals surface area contributed by atoms with Crippen molar-refractivity contribution in [3.05, 3.63) is 42.0 Å². The molecule has 1 heterocycles. The number of nitrogens with one attached hydrogen (secondary N) is 1. The van der Waals surface area contributed by atoms with Gasteiger partial charge in [0.15, 0.2) is 9.84 Å². The molecule has 1 fully saturated rings. The number of benzene rings is 2. The number of amides is 2. The molecule has 33 heavy (non-hydrogen) atoms. The Morgan fingerprint density at radius 2 is 1.76 bits per heavy atom. The number of carbonyl (C=O) groups excluding carboxylic acids is 2. The van der Waals surface area contributed by atoms with Gasteiger partial charge in [0.1, 0.15) is 11.5 Å². The quantitative estimate of drug-likeness (QED) is 0.633. The van der Waals surface area contributed by atoms with Crippen LogP contribution >= 0.6 is 0 Å². The van der Waals surface area contributed by atoms with Gasteiger partial charge in [-0.1, -0.05) is 0 Å². The van der Waals surface area contributed by atoms with Crippen molar-refractivity contribution >= 4 is 33.0 Å². The Kier molecular flexibility index (Phi) is 6.34. The molecule has 0 unspecified atom stereocenters. The molecule has 2 aromatic rings. The third kappa shape index (κ3) is 4.83. The molecule has 0 aromatic heterocycles. The Hall–Kier alpha value is -3.07. The fourth-order valence-electron chi connectivity index (χ4n) is 4.03. The van der Waals surface area contributed by atoms with Crippen LogP contribution in [0.1, 0.15) is 31.7 Å². The van der Waals surface area contributed by atoms with Crippen LogP contribution in [0.15, 0.2) is 41.3 Å². The van der Waals surface area contributed by atoms with Crippen molar-refractivity contribution < 1.29 is 27.5 Å². The van der Waals surface area contributed by atoms with E-state index in [1.807, 2.05) is 0 Å². The maximum atomic E-state index is 13.2. The molecule has 1 atom stereocenters. The highest BCUT2D eigenvalue weighted by Crippen LogP contribution is 2.37. The largest absolute Gasteiger partial charge is 0.497 e. The molecule has 0 spiro atoms. The number of ether oxygens (including phenoxy) is 2. The number of carbonyl (C=O) groups is 2. The summed E-state index contributed by atoms with van der Waals surface area (Å²) in [5.74, 6) is 0.838. The summed E-state index contributed by atoms with van der Waals surface area (Å²) in [6, 6.07) is 9.84. The number of rotatable bonds is 8. The standard InChI is InChI=1S/C24H28N2O6S/c1-15(10-23(27)25-18-12-19(31-2)14-20(13-18)32-3)33(29,30)21-6-7-22-17(11-21)8-9-26(22)24(28)16-4-5-16/h6-7,11-16H,4-5,8-10H2,1-3H3,(H,25,27)/t15-/m1/s1. The number of anilines is 2. The minimum absolute atomic E-state index is 0.113. The molecule has 0 radical (unpaired) electrons. The Morgan fingerprint density at radius 1 is 1.09 bits per heavy atom. The Labute approximate surface area is 193 Å². The molecule has 8 nitrogen and oxygen atoms in total. The van der Waals surface area contributed by atoms with Crippen molar-refractivity contribution in [2.75, 3.05) is 31.0 Å². The average Bonchev–Trinajstić information content (AvgIpc) is 3.56. The SMILES string of the molecule is COc1cc(NC(=O)C[C@@H](C)S(=O)(=O)c2ccc3c(c2)CCN3C(=O)C2CC2)cc(OC)c1. The number of hydrogen-bond donors (Lipinski definition) is 1. The lowest BCUT2D eigenvalue weighted by Gasteiger charge is -2.18. The van der Waals surface area contributed by atoms with Crippen molar-refractivity contribution in [1.29, 1.82) is 0 Å². The van der Waals surface area contributed by atoms with Gasteiger partial charge in [-0.25, -0.2) is 8.42 Å². The highest BCUT2D eigenvalue weighted by Gasteiger charge is 2.37. The second kappa shape index (κ2) is 9.05. The zero-order valence-electron chi connectivity index (χ0n) is 19.0. The lowest BCUT2D eigenvalue weighted by atomic mass is 10.2. The fourth-order valence-corrected chi connectivity index (χ4v) is 5.43. The van der Waals surface area contributed by atoms with Gasteiger partial charge in [0.25, 0.3) is 0 Å². The lowest BCUT2D eigenvalue weighted by Crippen LogP contribution is -2.30. The van der Waals surface area contributed by atoms with Crippen molar-refractivity contribution in [3.63, 3.8) is 0 Å². The number of nitrogens with zero attached hydrogens (tertiary/aromatic N) is 1. The summed E-state index contributed by atoms with van der Waals surface area (Å²) >= 11 is 0. The molecule has 4 rings (SSSR count). The second-order valence-corrected chi connectivity index (χ2v) is 10.9. The van der Waals surface area contributed by atoms with Gasteiger partial charge >= 0.3 is 0 Å². The predicted molar refractivity (Wildman–Crippen MR) is 125 cm³/mol. The van der Waals surface area contributed by atoms with E-state index in [4.69, 9.17) is 9.47 Å². The van der Waals surface area contributed by atoms with Gasteiger partial charge in [-0.2, -0.15) is 0 Å². The van der Waals surface area contributed by atoms with Crippen LogP contribution in [0.3, 0.4) is 0 Å². The smallest absolute Gasteiger partial charge is 0.230 e. The average molecular weight is 473 g/mol. The van der Waals surface area contributed by atoms with Crippen molar-refractivity contribution in [2.24, 2.45) is 5.92 Å². The summed E-state index contributed by atoms with van der Waals surface area (Å²) in [5, 5.41) is 1.79. The summed E-state index contributed by atoms with van der Waals surface area (Å²) in [6.07, 6.45) is 2.29. The van der Waals surface area contributed by atoms with Crippen LogP contribution in [0.5, 0.6) is 11.5 Å². The van der Waals surface area contributed by atoms with E-state index in [9.17, 15) is 18.0 Å². The molecule has 9 heteroatoms. The first-order chi connectivity index (χ1) is 15.7. The van der Waals surface area contributed by atoms with Crippen LogP contribution in [0, 0.1) is 5.92 Å². The molecule has 176 valence electrons. The van der Waals surface area contributed by atoms with E-state index in [0.29, 0.717) is 30.2 Å². The first kappa shape index (κ1) is 23.1. The highest BCUT2D eigenvalue weighted by atomic mass is 32.2. The Morgan fingerprint density at radius 3 is 2.36 bits per heavy atom. The number of sulfone groups is 1. The Bertz CT molecular complexity index is 1170. The summed E-state index contributed by atoms with van der Waals surface area (Å²) < 4.78 is 36.7. The van der Waals surface area contributed by atoms with E-state index >= 15 is 0 Å². The molecular formula is C24H28N2O6S. The highest BCUT2D eigenvalue weighted by molar-refractivity contribution is 7.92. The van der Waals surface area contributed by atoms with Crippen molar-refractivity contribution in [3.8, 4) is 11.5 Å². The van der Waals surface area contributed by atoms with Crippen LogP contribution < -0.4 is 19.7 Å².